The summed E-state index contributed by atoms with van der Waals surface area (Å²) in [6.45, 7) is 0.428. The maximum Gasteiger partial charge on any atom is 0.371 e. The number of pyridine rings is 1. The highest BCUT2D eigenvalue weighted by molar-refractivity contribution is 6.07. The van der Waals surface area contributed by atoms with Crippen molar-refractivity contribution in [3.05, 3.63) is 117 Å². The van der Waals surface area contributed by atoms with Crippen molar-refractivity contribution in [1.82, 2.24) is 4.57 Å². The second kappa shape index (κ2) is 8.84. The average Bonchev–Trinajstić information content (AvgIpc) is 2.71. The molecule has 0 atom stereocenters. The summed E-state index contributed by atoms with van der Waals surface area (Å²) in [5, 5.41) is 18.2. The van der Waals surface area contributed by atoms with Crippen LogP contribution in [0.3, 0.4) is 0 Å². The van der Waals surface area contributed by atoms with Gasteiger partial charge in [0.1, 0.15) is 0 Å². The van der Waals surface area contributed by atoms with Gasteiger partial charge in [-0.05, 0) is 11.1 Å². The molecule has 29 heavy (non-hydrogen) atoms. The number of rotatable bonds is 7. The number of carbonyl (C=O) groups excluding carboxylic acids is 1. The lowest BCUT2D eigenvalue weighted by Crippen LogP contribution is -2.22. The Bertz CT molecular complexity index is 1120. The van der Waals surface area contributed by atoms with E-state index in [2.05, 4.69) is 0 Å². The predicted molar refractivity (Wildman–Crippen MR) is 108 cm³/mol. The number of aliphatic hydroxyl groups is 1. The molecule has 146 valence electrons. The Hall–Kier alpha value is -3.93. The molecule has 2 N–H and O–H groups in total. The number of hydrogen-bond acceptors (Lipinski definition) is 4. The minimum absolute atomic E-state index is 0.192. The molecule has 0 spiro atoms. The molecule has 6 nitrogen and oxygen atoms in total. The first-order valence-electron chi connectivity index (χ1n) is 8.93. The molecule has 6 heteroatoms. The zero-order valence-electron chi connectivity index (χ0n) is 15.5. The van der Waals surface area contributed by atoms with Gasteiger partial charge >= 0.3 is 5.97 Å². The van der Waals surface area contributed by atoms with E-state index in [4.69, 9.17) is 5.11 Å². The fourth-order valence-corrected chi connectivity index (χ4v) is 2.96. The van der Waals surface area contributed by atoms with Crippen molar-refractivity contribution in [3.63, 3.8) is 0 Å². The Morgan fingerprint density at radius 1 is 0.862 bits per heavy atom. The van der Waals surface area contributed by atoms with Crippen LogP contribution in [0.25, 0.3) is 0 Å². The number of aliphatic carboxylic acids is 1. The number of aliphatic hydroxyl groups excluding tert-OH is 1. The van der Waals surface area contributed by atoms with Crippen LogP contribution in [0.4, 0.5) is 0 Å². The number of ketones is 1. The monoisotopic (exact) mass is 389 g/mol. The summed E-state index contributed by atoms with van der Waals surface area (Å²) in [6.07, 6.45) is 3.96. The van der Waals surface area contributed by atoms with Crippen LogP contribution < -0.4 is 5.43 Å². The lowest BCUT2D eigenvalue weighted by atomic mass is 10.0. The Morgan fingerprint density at radius 2 is 1.45 bits per heavy atom. The van der Waals surface area contributed by atoms with E-state index in [9.17, 15) is 19.5 Å². The van der Waals surface area contributed by atoms with Crippen molar-refractivity contribution in [1.29, 1.82) is 0 Å². The number of allylic oxidation sites excluding steroid dienone is 1. The zero-order chi connectivity index (χ0) is 20.8. The molecule has 0 aliphatic rings. The quantitative estimate of drug-likeness (QED) is 0.367. The van der Waals surface area contributed by atoms with Gasteiger partial charge in [0.15, 0.2) is 11.2 Å². The smallest absolute Gasteiger partial charge is 0.371 e. The fourth-order valence-electron chi connectivity index (χ4n) is 2.96. The molecule has 1 aromatic heterocycles. The van der Waals surface area contributed by atoms with Crippen LogP contribution in [0.1, 0.15) is 27.0 Å². The molecule has 0 unspecified atom stereocenters. The van der Waals surface area contributed by atoms with Gasteiger partial charge in [-0.25, -0.2) is 4.79 Å². The average molecular weight is 389 g/mol. The maximum absolute atomic E-state index is 12.9. The summed E-state index contributed by atoms with van der Waals surface area (Å²) in [5.74, 6) is -3.60. The number of benzene rings is 2. The summed E-state index contributed by atoms with van der Waals surface area (Å²) in [5.41, 5.74) is 1.61. The minimum atomic E-state index is -1.64. The number of aromatic nitrogens is 1. The van der Waals surface area contributed by atoms with Gasteiger partial charge in [-0.15, -0.1) is 0 Å². The number of carboxylic acids is 1. The Morgan fingerprint density at radius 3 is 2.03 bits per heavy atom. The van der Waals surface area contributed by atoms with Crippen molar-refractivity contribution in [2.24, 2.45) is 0 Å². The molecule has 0 aliphatic carbocycles. The van der Waals surface area contributed by atoms with Gasteiger partial charge in [-0.3, -0.25) is 9.59 Å². The largest absolute Gasteiger partial charge is 0.502 e. The van der Waals surface area contributed by atoms with Crippen molar-refractivity contribution in [2.75, 3.05) is 0 Å². The van der Waals surface area contributed by atoms with Crippen molar-refractivity contribution >= 4 is 11.8 Å². The summed E-state index contributed by atoms with van der Waals surface area (Å²) < 4.78 is 1.72. The Labute approximate surface area is 167 Å². The van der Waals surface area contributed by atoms with Crippen LogP contribution in [-0.4, -0.2) is 26.5 Å². The first-order valence-corrected chi connectivity index (χ1v) is 8.93. The molecule has 0 radical (unpaired) electrons. The third-order valence-corrected chi connectivity index (χ3v) is 4.35. The molecule has 3 rings (SSSR count). The highest BCUT2D eigenvalue weighted by atomic mass is 16.4. The van der Waals surface area contributed by atoms with E-state index >= 15 is 0 Å². The highest BCUT2D eigenvalue weighted by Gasteiger charge is 2.16. The van der Waals surface area contributed by atoms with Gasteiger partial charge in [0.2, 0.25) is 5.76 Å². The van der Waals surface area contributed by atoms with Crippen molar-refractivity contribution < 1.29 is 19.8 Å². The first-order chi connectivity index (χ1) is 13.9. The molecule has 0 fully saturated rings. The van der Waals surface area contributed by atoms with Gasteiger partial charge in [0, 0.05) is 37.0 Å². The van der Waals surface area contributed by atoms with Crippen LogP contribution in [0.2, 0.25) is 0 Å². The van der Waals surface area contributed by atoms with E-state index in [1.807, 2.05) is 60.7 Å². The minimum Gasteiger partial charge on any atom is -0.502 e. The van der Waals surface area contributed by atoms with E-state index in [0.717, 1.165) is 11.1 Å². The number of hydrogen-bond donors (Lipinski definition) is 2. The van der Waals surface area contributed by atoms with Crippen molar-refractivity contribution in [3.8, 4) is 0 Å². The van der Waals surface area contributed by atoms with E-state index in [0.29, 0.717) is 24.6 Å². The first kappa shape index (κ1) is 19.8. The molecular formula is C23H19NO5. The van der Waals surface area contributed by atoms with Crippen LogP contribution in [0, 0.1) is 0 Å². The third kappa shape index (κ3) is 5.07. The van der Waals surface area contributed by atoms with Gasteiger partial charge < -0.3 is 14.8 Å². The Balaban J connectivity index is 2.06. The molecule has 0 bridgehead atoms. The van der Waals surface area contributed by atoms with E-state index in [-0.39, 0.29) is 5.56 Å². The van der Waals surface area contributed by atoms with Gasteiger partial charge in [0.25, 0.3) is 0 Å². The topological polar surface area (TPSA) is 96.6 Å². The summed E-state index contributed by atoms with van der Waals surface area (Å²) >= 11 is 0. The highest BCUT2D eigenvalue weighted by Crippen LogP contribution is 2.10. The molecule has 0 saturated heterocycles. The maximum atomic E-state index is 12.9. The van der Waals surface area contributed by atoms with E-state index < -0.39 is 22.9 Å². The zero-order valence-corrected chi connectivity index (χ0v) is 15.5. The molecular weight excluding hydrogens is 370 g/mol. The molecule has 3 aromatic rings. The fraction of sp³-hybridized carbons (Fsp3) is 0.0870. The second-order valence-corrected chi connectivity index (χ2v) is 6.55. The van der Waals surface area contributed by atoms with E-state index in [1.54, 1.807) is 10.8 Å². The molecule has 0 saturated carbocycles. The SMILES string of the molecule is O=C(O)/C(O)=C/C(=O)c1cn(Cc2ccccc2)cc(Cc2ccccc2)c1=O. The van der Waals surface area contributed by atoms with Gasteiger partial charge in [0.05, 0.1) is 5.56 Å². The van der Waals surface area contributed by atoms with Crippen LogP contribution in [0.5, 0.6) is 0 Å². The predicted octanol–water partition coefficient (Wildman–Crippen LogP) is 3.20. The standard InChI is InChI=1S/C23H19NO5/c25-20(12-21(26)23(28)29)19-15-24(13-17-9-5-2-6-10-17)14-18(22(19)27)11-16-7-3-1-4-8-16/h1-10,12,14-15,26H,11,13H2,(H,28,29)/b21-12-. The number of carboxylic acid groups (broad SMARTS) is 1. The summed E-state index contributed by atoms with van der Waals surface area (Å²) in [6, 6.07) is 18.9. The van der Waals surface area contributed by atoms with Gasteiger partial charge in [-0.1, -0.05) is 60.7 Å². The molecule has 0 amide bonds. The number of nitrogens with zero attached hydrogens (tertiary/aromatic N) is 1. The molecule has 2 aromatic carbocycles. The number of carbonyl (C=O) groups is 2. The third-order valence-electron chi connectivity index (χ3n) is 4.35. The van der Waals surface area contributed by atoms with Crippen LogP contribution >= 0.6 is 0 Å². The van der Waals surface area contributed by atoms with Crippen LogP contribution in [0.15, 0.2) is 89.7 Å². The normalized spacial score (nSPS) is 11.2. The summed E-state index contributed by atoms with van der Waals surface area (Å²) in [7, 11) is 0. The van der Waals surface area contributed by atoms with Crippen LogP contribution in [-0.2, 0) is 17.8 Å². The lowest BCUT2D eigenvalue weighted by molar-refractivity contribution is -0.135. The molecule has 1 heterocycles. The van der Waals surface area contributed by atoms with E-state index in [1.165, 1.54) is 6.20 Å². The summed E-state index contributed by atoms with van der Waals surface area (Å²) in [4.78, 5) is 36.2. The lowest BCUT2D eigenvalue weighted by Gasteiger charge is -2.12. The van der Waals surface area contributed by atoms with Crippen molar-refractivity contribution in [2.45, 2.75) is 13.0 Å². The Kier molecular flexibility index (Phi) is 6.04. The van der Waals surface area contributed by atoms with Gasteiger partial charge in [-0.2, -0.15) is 0 Å². The second-order valence-electron chi connectivity index (χ2n) is 6.55. The molecule has 0 aliphatic heterocycles.